The predicted molar refractivity (Wildman–Crippen MR) is 54.4 cm³/mol. The van der Waals surface area contributed by atoms with Gasteiger partial charge in [0.25, 0.3) is 0 Å². The highest BCUT2D eigenvalue weighted by molar-refractivity contribution is 5.81. The number of halogens is 6. The van der Waals surface area contributed by atoms with E-state index < -0.39 is 52.7 Å². The van der Waals surface area contributed by atoms with Crippen LogP contribution in [0.5, 0.6) is 0 Å². The second kappa shape index (κ2) is 5.35. The number of aldehydes is 1. The number of rotatable bonds is 3. The van der Waals surface area contributed by atoms with Crippen LogP contribution in [0.1, 0.15) is 33.2 Å². The highest BCUT2D eigenvalue weighted by Gasteiger charge is 2.42. The molecule has 4 nitrogen and oxygen atoms in total. The summed E-state index contributed by atoms with van der Waals surface area (Å²) in [5.41, 5.74) is -6.39. The summed E-state index contributed by atoms with van der Waals surface area (Å²) >= 11 is 0. The molecule has 2 N–H and O–H groups in total. The Labute approximate surface area is 112 Å². The third kappa shape index (κ3) is 3.51. The van der Waals surface area contributed by atoms with Crippen LogP contribution < -0.4 is 0 Å². The molecule has 0 bridgehead atoms. The van der Waals surface area contributed by atoms with Gasteiger partial charge in [-0.2, -0.15) is 26.3 Å². The quantitative estimate of drug-likeness (QED) is 0.664. The molecule has 0 aliphatic heterocycles. The molecule has 21 heavy (non-hydrogen) atoms. The van der Waals surface area contributed by atoms with Crippen molar-refractivity contribution in [2.75, 3.05) is 0 Å². The molecule has 1 atom stereocenters. The van der Waals surface area contributed by atoms with Gasteiger partial charge in [0.05, 0.1) is 11.1 Å². The molecular formula is C11H6F6O4. The first-order valence-electron chi connectivity index (χ1n) is 5.08. The molecule has 0 amide bonds. The smallest absolute Gasteiger partial charge is 0.417 e. The van der Waals surface area contributed by atoms with Crippen LogP contribution in [-0.2, 0) is 17.1 Å². The van der Waals surface area contributed by atoms with Gasteiger partial charge in [-0.1, -0.05) is 0 Å². The minimum absolute atomic E-state index is 0.0669. The van der Waals surface area contributed by atoms with Crippen molar-refractivity contribution in [2.45, 2.75) is 18.5 Å². The number of carboxylic acid groups (broad SMARTS) is 1. The van der Waals surface area contributed by atoms with Gasteiger partial charge < -0.3 is 10.2 Å². The number of carboxylic acids is 1. The molecule has 0 fully saturated rings. The zero-order valence-corrected chi connectivity index (χ0v) is 9.79. The van der Waals surface area contributed by atoms with Crippen LogP contribution in [-0.4, -0.2) is 22.5 Å². The highest BCUT2D eigenvalue weighted by Crippen LogP contribution is 2.40. The van der Waals surface area contributed by atoms with Crippen molar-refractivity contribution in [1.82, 2.24) is 0 Å². The molecule has 116 valence electrons. The molecule has 0 aromatic heterocycles. The van der Waals surface area contributed by atoms with Crippen LogP contribution in [0.3, 0.4) is 0 Å². The van der Waals surface area contributed by atoms with E-state index in [-0.39, 0.29) is 12.4 Å². The van der Waals surface area contributed by atoms with Gasteiger partial charge in [0.1, 0.15) is 0 Å². The minimum Gasteiger partial charge on any atom is -0.479 e. The van der Waals surface area contributed by atoms with E-state index in [0.29, 0.717) is 0 Å². The van der Waals surface area contributed by atoms with E-state index in [2.05, 4.69) is 0 Å². The summed E-state index contributed by atoms with van der Waals surface area (Å²) in [5.74, 6) is -2.10. The minimum atomic E-state index is -5.34. The Kier molecular flexibility index (Phi) is 4.32. The van der Waals surface area contributed by atoms with Gasteiger partial charge in [-0.3, -0.25) is 4.79 Å². The van der Waals surface area contributed by atoms with Gasteiger partial charge in [-0.15, -0.1) is 0 Å². The number of hydrogen-bond acceptors (Lipinski definition) is 3. The lowest BCUT2D eigenvalue weighted by atomic mass is 9.94. The van der Waals surface area contributed by atoms with E-state index in [0.717, 1.165) is 0 Å². The molecule has 0 aliphatic carbocycles. The number of carbonyl (C=O) groups excluding carboxylic acids is 1. The molecule has 10 heteroatoms. The molecule has 0 aliphatic rings. The second-order valence-electron chi connectivity index (χ2n) is 3.88. The lowest BCUT2D eigenvalue weighted by Crippen LogP contribution is -2.20. The number of alkyl halides is 6. The zero-order chi connectivity index (χ0) is 16.6. The Morgan fingerprint density at radius 2 is 1.52 bits per heavy atom. The Balaban J connectivity index is 3.73. The van der Waals surface area contributed by atoms with Crippen molar-refractivity contribution < 1.29 is 46.1 Å². The summed E-state index contributed by atoms with van der Waals surface area (Å²) < 4.78 is 75.9. The molecule has 0 saturated carbocycles. The van der Waals surface area contributed by atoms with Gasteiger partial charge >= 0.3 is 18.3 Å². The molecule has 1 unspecified atom stereocenters. The molecule has 0 spiro atoms. The molecule has 1 rings (SSSR count). The van der Waals surface area contributed by atoms with E-state index in [1.54, 1.807) is 0 Å². The Morgan fingerprint density at radius 3 is 1.86 bits per heavy atom. The Hall–Kier alpha value is -2.10. The number of aliphatic hydroxyl groups excluding tert-OH is 1. The summed E-state index contributed by atoms with van der Waals surface area (Å²) in [4.78, 5) is 21.1. The summed E-state index contributed by atoms with van der Waals surface area (Å²) in [7, 11) is 0. The van der Waals surface area contributed by atoms with Gasteiger partial charge in [-0.05, 0) is 12.1 Å². The molecule has 0 heterocycles. The first kappa shape index (κ1) is 17.0. The number of hydrogen-bond donors (Lipinski definition) is 2. The van der Waals surface area contributed by atoms with Crippen molar-refractivity contribution in [3.8, 4) is 0 Å². The van der Waals surface area contributed by atoms with E-state index in [4.69, 9.17) is 10.2 Å². The predicted octanol–water partition coefficient (Wildman–Crippen LogP) is 2.65. The van der Waals surface area contributed by atoms with Crippen molar-refractivity contribution in [1.29, 1.82) is 0 Å². The first-order chi connectivity index (χ1) is 9.39. The largest absolute Gasteiger partial charge is 0.479 e. The molecule has 1 aromatic rings. The van der Waals surface area contributed by atoms with Crippen LogP contribution in [0.2, 0.25) is 0 Å². The van der Waals surface area contributed by atoms with Crippen LogP contribution in [0.4, 0.5) is 26.3 Å². The standard InChI is InChI=1S/C11H6F6O4/c12-10(13,14)6-2-7(11(15,16)17)5(1-4(6)3-18)8(19)9(20)21/h1-3,8,19H,(H,20,21). The van der Waals surface area contributed by atoms with Crippen LogP contribution in [0.15, 0.2) is 12.1 Å². The van der Waals surface area contributed by atoms with Crippen LogP contribution in [0.25, 0.3) is 0 Å². The van der Waals surface area contributed by atoms with Gasteiger partial charge in [0, 0.05) is 11.1 Å². The van der Waals surface area contributed by atoms with Crippen molar-refractivity contribution in [2.24, 2.45) is 0 Å². The third-order valence-electron chi connectivity index (χ3n) is 2.49. The van der Waals surface area contributed by atoms with Gasteiger partial charge in [0.15, 0.2) is 12.4 Å². The number of aliphatic carboxylic acids is 1. The normalized spacial score (nSPS) is 13.9. The fourth-order valence-electron chi connectivity index (χ4n) is 1.58. The van der Waals surface area contributed by atoms with E-state index in [1.807, 2.05) is 0 Å². The maximum atomic E-state index is 12.7. The fraction of sp³-hybridized carbons (Fsp3) is 0.273. The Morgan fingerprint density at radius 1 is 1.05 bits per heavy atom. The summed E-state index contributed by atoms with van der Waals surface area (Å²) in [5, 5.41) is 17.6. The number of benzene rings is 1. The summed E-state index contributed by atoms with van der Waals surface area (Å²) in [6.45, 7) is 0. The SMILES string of the molecule is O=Cc1cc(C(O)C(=O)O)c(C(F)(F)F)cc1C(F)(F)F. The second-order valence-corrected chi connectivity index (χ2v) is 3.88. The average Bonchev–Trinajstić information content (AvgIpc) is 2.33. The van der Waals surface area contributed by atoms with Crippen molar-refractivity contribution in [3.63, 3.8) is 0 Å². The van der Waals surface area contributed by atoms with Gasteiger partial charge in [0.2, 0.25) is 0 Å². The summed E-state index contributed by atoms with van der Waals surface area (Å²) in [6.07, 6.45) is -13.7. The lowest BCUT2D eigenvalue weighted by Gasteiger charge is -2.19. The first-order valence-corrected chi connectivity index (χ1v) is 5.08. The highest BCUT2D eigenvalue weighted by atomic mass is 19.4. The van der Waals surface area contributed by atoms with Gasteiger partial charge in [-0.25, -0.2) is 4.79 Å². The maximum Gasteiger partial charge on any atom is 0.417 e. The van der Waals surface area contributed by atoms with Crippen molar-refractivity contribution in [3.05, 3.63) is 34.4 Å². The van der Waals surface area contributed by atoms with Crippen LogP contribution in [0, 0.1) is 0 Å². The Bertz CT molecular complexity index is 575. The number of carbonyl (C=O) groups is 2. The van der Waals surface area contributed by atoms with Crippen LogP contribution >= 0.6 is 0 Å². The molecule has 1 aromatic carbocycles. The van der Waals surface area contributed by atoms with Crippen molar-refractivity contribution >= 4 is 12.3 Å². The monoisotopic (exact) mass is 316 g/mol. The number of aliphatic hydroxyl groups is 1. The van der Waals surface area contributed by atoms with E-state index in [1.165, 1.54) is 0 Å². The fourth-order valence-corrected chi connectivity index (χ4v) is 1.58. The summed E-state index contributed by atoms with van der Waals surface area (Å²) in [6, 6.07) is -0.331. The molecular weight excluding hydrogens is 310 g/mol. The maximum absolute atomic E-state index is 12.7. The lowest BCUT2D eigenvalue weighted by molar-refractivity contribution is -0.149. The average molecular weight is 316 g/mol. The zero-order valence-electron chi connectivity index (χ0n) is 9.79. The molecule has 0 saturated heterocycles. The van der Waals surface area contributed by atoms with E-state index >= 15 is 0 Å². The molecule has 0 radical (unpaired) electrons. The third-order valence-corrected chi connectivity index (χ3v) is 2.49. The van der Waals surface area contributed by atoms with E-state index in [9.17, 15) is 35.9 Å². The topological polar surface area (TPSA) is 74.6 Å².